The highest BCUT2D eigenvalue weighted by atomic mass is 32.2. The summed E-state index contributed by atoms with van der Waals surface area (Å²) in [5.41, 5.74) is 3.14. The molecule has 5 nitrogen and oxygen atoms in total. The first-order chi connectivity index (χ1) is 11.8. The number of nitrogens with one attached hydrogen (secondary N) is 1. The normalized spacial score (nSPS) is 15.1. The minimum absolute atomic E-state index is 0.153. The summed E-state index contributed by atoms with van der Waals surface area (Å²) in [6.07, 6.45) is 8.91. The van der Waals surface area contributed by atoms with Gasteiger partial charge >= 0.3 is 0 Å². The number of carbonyl (C=O) groups is 1. The van der Waals surface area contributed by atoms with Gasteiger partial charge in [0.2, 0.25) is 15.9 Å². The molecule has 0 aliphatic heterocycles. The molecule has 0 bridgehead atoms. The minimum atomic E-state index is -3.31. The summed E-state index contributed by atoms with van der Waals surface area (Å²) in [6, 6.07) is 7.56. The van der Waals surface area contributed by atoms with Gasteiger partial charge in [0.05, 0.1) is 6.26 Å². The third-order valence-corrected chi connectivity index (χ3v) is 5.73. The lowest BCUT2D eigenvalue weighted by Crippen LogP contribution is -2.34. The molecular weight excluding hydrogens is 336 g/mol. The molecule has 0 aromatic heterocycles. The van der Waals surface area contributed by atoms with Gasteiger partial charge < -0.3 is 5.32 Å². The van der Waals surface area contributed by atoms with Crippen LogP contribution in [0.25, 0.3) is 0 Å². The van der Waals surface area contributed by atoms with E-state index in [0.29, 0.717) is 6.54 Å². The van der Waals surface area contributed by atoms with Crippen LogP contribution in [0.1, 0.15) is 44.1 Å². The largest absolute Gasteiger partial charge is 0.326 e. The Balaban J connectivity index is 1.86. The fraction of sp³-hybridized carbons (Fsp3) is 0.526. The van der Waals surface area contributed by atoms with Gasteiger partial charge in [-0.15, -0.1) is 0 Å². The zero-order valence-electron chi connectivity index (χ0n) is 15.1. The van der Waals surface area contributed by atoms with Crippen molar-refractivity contribution in [3.8, 4) is 0 Å². The van der Waals surface area contributed by atoms with Crippen molar-refractivity contribution in [2.45, 2.75) is 45.4 Å². The number of aryl methyl sites for hydroxylation is 1. The van der Waals surface area contributed by atoms with Gasteiger partial charge in [-0.1, -0.05) is 23.8 Å². The molecule has 0 spiro atoms. The van der Waals surface area contributed by atoms with E-state index in [2.05, 4.69) is 11.4 Å². The van der Waals surface area contributed by atoms with Crippen molar-refractivity contribution in [1.82, 2.24) is 4.31 Å². The van der Waals surface area contributed by atoms with Crippen LogP contribution >= 0.6 is 0 Å². The van der Waals surface area contributed by atoms with Crippen molar-refractivity contribution in [3.63, 3.8) is 0 Å². The fourth-order valence-electron chi connectivity index (χ4n) is 3.02. The highest BCUT2D eigenvalue weighted by Gasteiger charge is 2.18. The molecule has 2 rings (SSSR count). The maximum atomic E-state index is 12.1. The number of amides is 1. The zero-order valence-corrected chi connectivity index (χ0v) is 15.9. The molecule has 0 heterocycles. The molecule has 0 fully saturated rings. The van der Waals surface area contributed by atoms with E-state index in [1.165, 1.54) is 29.0 Å². The van der Waals surface area contributed by atoms with Crippen LogP contribution in [-0.4, -0.2) is 38.0 Å². The third-order valence-electron chi connectivity index (χ3n) is 4.43. The summed E-state index contributed by atoms with van der Waals surface area (Å²) in [4.78, 5) is 12.1. The monoisotopic (exact) mass is 364 g/mol. The van der Waals surface area contributed by atoms with Crippen LogP contribution in [0.4, 0.5) is 5.69 Å². The Morgan fingerprint density at radius 2 is 2.04 bits per heavy atom. The van der Waals surface area contributed by atoms with Crippen molar-refractivity contribution in [2.75, 3.05) is 24.7 Å². The fourth-order valence-corrected chi connectivity index (χ4v) is 3.86. The van der Waals surface area contributed by atoms with Crippen LogP contribution in [0.15, 0.2) is 35.9 Å². The van der Waals surface area contributed by atoms with Crippen molar-refractivity contribution in [3.05, 3.63) is 41.5 Å². The Morgan fingerprint density at radius 1 is 1.24 bits per heavy atom. The lowest BCUT2D eigenvalue weighted by molar-refractivity contribution is -0.116. The molecule has 0 atom stereocenters. The second kappa shape index (κ2) is 9.15. The molecule has 0 radical (unpaired) electrons. The second-order valence-corrected chi connectivity index (χ2v) is 8.67. The van der Waals surface area contributed by atoms with Crippen molar-refractivity contribution in [2.24, 2.45) is 0 Å². The molecule has 0 saturated carbocycles. The standard InChI is InChI=1S/C19H28N2O3S/c1-16-7-6-10-18(15-16)20-19(22)12-14-21(25(2,23)24)13-11-17-8-4-3-5-9-17/h6-8,10,15H,3-5,9,11-14H2,1-2H3,(H,20,22). The van der Waals surface area contributed by atoms with E-state index in [1.807, 2.05) is 31.2 Å². The van der Waals surface area contributed by atoms with E-state index < -0.39 is 10.0 Å². The predicted molar refractivity (Wildman–Crippen MR) is 102 cm³/mol. The molecule has 1 aromatic rings. The van der Waals surface area contributed by atoms with Gasteiger partial charge in [0, 0.05) is 25.2 Å². The average molecular weight is 365 g/mol. The molecule has 0 unspecified atom stereocenters. The highest BCUT2D eigenvalue weighted by molar-refractivity contribution is 7.88. The Morgan fingerprint density at radius 3 is 2.68 bits per heavy atom. The predicted octanol–water partition coefficient (Wildman–Crippen LogP) is 3.48. The second-order valence-electron chi connectivity index (χ2n) is 6.69. The Hall–Kier alpha value is -1.66. The van der Waals surface area contributed by atoms with Gasteiger partial charge in [-0.2, -0.15) is 0 Å². The van der Waals surface area contributed by atoms with Gasteiger partial charge in [0.25, 0.3) is 0 Å². The molecule has 1 aliphatic rings. The van der Waals surface area contributed by atoms with Crippen LogP contribution in [-0.2, 0) is 14.8 Å². The van der Waals surface area contributed by atoms with E-state index in [9.17, 15) is 13.2 Å². The number of carbonyl (C=O) groups excluding carboxylic acids is 1. The number of benzene rings is 1. The van der Waals surface area contributed by atoms with E-state index in [0.717, 1.165) is 30.5 Å². The summed E-state index contributed by atoms with van der Waals surface area (Å²) in [7, 11) is -3.31. The lowest BCUT2D eigenvalue weighted by atomic mass is 9.97. The summed E-state index contributed by atoms with van der Waals surface area (Å²) in [6.45, 7) is 2.62. The number of nitrogens with zero attached hydrogens (tertiary/aromatic N) is 1. The van der Waals surface area contributed by atoms with E-state index in [4.69, 9.17) is 0 Å². The van der Waals surface area contributed by atoms with Crippen LogP contribution in [0.3, 0.4) is 0 Å². The number of hydrogen-bond acceptors (Lipinski definition) is 3. The van der Waals surface area contributed by atoms with E-state index in [-0.39, 0.29) is 18.9 Å². The maximum absolute atomic E-state index is 12.1. The number of allylic oxidation sites excluding steroid dienone is 1. The lowest BCUT2D eigenvalue weighted by Gasteiger charge is -2.21. The molecule has 1 amide bonds. The molecule has 138 valence electrons. The Labute approximate surface area is 151 Å². The van der Waals surface area contributed by atoms with Crippen LogP contribution in [0.2, 0.25) is 0 Å². The molecule has 25 heavy (non-hydrogen) atoms. The topological polar surface area (TPSA) is 66.5 Å². The Bertz CT molecular complexity index is 726. The summed E-state index contributed by atoms with van der Waals surface area (Å²) in [5, 5.41) is 2.82. The molecule has 1 N–H and O–H groups in total. The maximum Gasteiger partial charge on any atom is 0.225 e. The molecular formula is C19H28N2O3S. The van der Waals surface area contributed by atoms with Gasteiger partial charge in [-0.05, 0) is 56.7 Å². The van der Waals surface area contributed by atoms with Crippen LogP contribution in [0, 0.1) is 6.92 Å². The van der Waals surface area contributed by atoms with Crippen LogP contribution in [0.5, 0.6) is 0 Å². The third kappa shape index (κ3) is 7.00. The highest BCUT2D eigenvalue weighted by Crippen LogP contribution is 2.21. The number of sulfonamides is 1. The zero-order chi connectivity index (χ0) is 18.3. The summed E-state index contributed by atoms with van der Waals surface area (Å²) in [5.74, 6) is -0.170. The van der Waals surface area contributed by atoms with E-state index >= 15 is 0 Å². The summed E-state index contributed by atoms with van der Waals surface area (Å²) >= 11 is 0. The molecule has 6 heteroatoms. The molecule has 1 aromatic carbocycles. The number of rotatable bonds is 8. The quantitative estimate of drug-likeness (QED) is 0.718. The first-order valence-electron chi connectivity index (χ1n) is 8.84. The van der Waals surface area contributed by atoms with E-state index in [1.54, 1.807) is 0 Å². The number of anilines is 1. The van der Waals surface area contributed by atoms with Gasteiger partial charge in [-0.25, -0.2) is 12.7 Å². The molecule has 0 saturated heterocycles. The molecule has 1 aliphatic carbocycles. The first-order valence-corrected chi connectivity index (χ1v) is 10.7. The summed E-state index contributed by atoms with van der Waals surface area (Å²) < 4.78 is 25.4. The number of hydrogen-bond donors (Lipinski definition) is 1. The SMILES string of the molecule is Cc1cccc(NC(=O)CCN(CCC2=CCCCC2)S(C)(=O)=O)c1. The van der Waals surface area contributed by atoms with Gasteiger partial charge in [-0.3, -0.25) is 4.79 Å². The first kappa shape index (κ1) is 19.7. The smallest absolute Gasteiger partial charge is 0.225 e. The van der Waals surface area contributed by atoms with Gasteiger partial charge in [0.1, 0.15) is 0 Å². The average Bonchev–Trinajstić information content (AvgIpc) is 2.54. The van der Waals surface area contributed by atoms with Crippen molar-refractivity contribution < 1.29 is 13.2 Å². The Kier molecular flexibility index (Phi) is 7.20. The minimum Gasteiger partial charge on any atom is -0.326 e. The van der Waals surface area contributed by atoms with Crippen molar-refractivity contribution >= 4 is 21.6 Å². The van der Waals surface area contributed by atoms with Crippen LogP contribution < -0.4 is 5.32 Å². The van der Waals surface area contributed by atoms with Crippen molar-refractivity contribution in [1.29, 1.82) is 0 Å². The van der Waals surface area contributed by atoms with Gasteiger partial charge in [0.15, 0.2) is 0 Å².